The van der Waals surface area contributed by atoms with Crippen LogP contribution in [-0.4, -0.2) is 20.4 Å². The molecule has 1 fully saturated rings. The van der Waals surface area contributed by atoms with Gasteiger partial charge in [0.05, 0.1) is 0 Å². The Morgan fingerprint density at radius 2 is 2.33 bits per heavy atom. The molecular weight excluding hydrogens is 200 g/mol. The van der Waals surface area contributed by atoms with Crippen LogP contribution < -0.4 is 5.73 Å². The summed E-state index contributed by atoms with van der Waals surface area (Å²) in [5.41, 5.74) is 5.12. The molecule has 1 aromatic heterocycles. The Bertz CT molecular complexity index is 408. The Morgan fingerprint density at radius 1 is 1.67 bits per heavy atom. The minimum absolute atomic E-state index is 0.101. The average Bonchev–Trinajstić information content (AvgIpc) is 2.49. The van der Waals surface area contributed by atoms with Gasteiger partial charge in [-0.05, 0) is 22.7 Å². The second-order valence-corrected chi connectivity index (χ2v) is 3.66. The van der Waals surface area contributed by atoms with Gasteiger partial charge in [0, 0.05) is 12.0 Å². The molecule has 15 heavy (non-hydrogen) atoms. The number of hydrogen-bond acceptors (Lipinski definition) is 4. The van der Waals surface area contributed by atoms with E-state index in [1.807, 2.05) is 0 Å². The highest BCUT2D eigenvalue weighted by Gasteiger charge is 2.35. The fourth-order valence-corrected chi connectivity index (χ4v) is 1.68. The number of nitro groups is 1. The van der Waals surface area contributed by atoms with E-state index in [-0.39, 0.29) is 23.7 Å². The zero-order valence-corrected chi connectivity index (χ0v) is 7.87. The van der Waals surface area contributed by atoms with E-state index in [1.165, 1.54) is 12.5 Å². The first kappa shape index (κ1) is 9.63. The molecule has 1 saturated carbocycles. The van der Waals surface area contributed by atoms with Crippen LogP contribution >= 0.6 is 0 Å². The van der Waals surface area contributed by atoms with Crippen molar-refractivity contribution in [1.82, 2.24) is 9.55 Å². The van der Waals surface area contributed by atoms with Gasteiger partial charge in [0.1, 0.15) is 6.20 Å². The van der Waals surface area contributed by atoms with Crippen molar-refractivity contribution < 1.29 is 9.72 Å². The fourth-order valence-electron chi connectivity index (χ4n) is 1.68. The van der Waals surface area contributed by atoms with E-state index in [0.717, 1.165) is 0 Å². The molecule has 0 aromatic carbocycles. The molecule has 1 heterocycles. The number of amides is 1. The van der Waals surface area contributed by atoms with Gasteiger partial charge < -0.3 is 20.4 Å². The number of nitrogens with zero attached hydrogens (tertiary/aromatic N) is 3. The van der Waals surface area contributed by atoms with Crippen LogP contribution in [0.2, 0.25) is 0 Å². The monoisotopic (exact) mass is 210 g/mol. The molecule has 7 heteroatoms. The third-order valence-corrected chi connectivity index (χ3v) is 2.71. The zero-order valence-electron chi connectivity index (χ0n) is 7.87. The van der Waals surface area contributed by atoms with Crippen LogP contribution in [-0.2, 0) is 4.79 Å². The van der Waals surface area contributed by atoms with Crippen molar-refractivity contribution in [3.8, 4) is 0 Å². The number of primary amides is 1. The van der Waals surface area contributed by atoms with Crippen molar-refractivity contribution in [3.05, 3.63) is 22.6 Å². The summed E-state index contributed by atoms with van der Waals surface area (Å²) in [6.45, 7) is 0. The summed E-state index contributed by atoms with van der Waals surface area (Å²) in [5.74, 6) is -0.574. The van der Waals surface area contributed by atoms with Crippen molar-refractivity contribution in [2.75, 3.05) is 0 Å². The lowest BCUT2D eigenvalue weighted by Gasteiger charge is -2.33. The molecular formula is C8H10N4O3. The Morgan fingerprint density at radius 3 is 2.80 bits per heavy atom. The highest BCUT2D eigenvalue weighted by Crippen LogP contribution is 2.37. The SMILES string of the molecule is NC(=O)[C@H]1C[C@@H](n2cnc([N+](=O)[O-])c2)C1. The fraction of sp³-hybridized carbons (Fsp3) is 0.500. The van der Waals surface area contributed by atoms with E-state index in [1.54, 1.807) is 4.57 Å². The molecule has 1 aromatic rings. The van der Waals surface area contributed by atoms with Gasteiger partial charge in [-0.3, -0.25) is 4.79 Å². The van der Waals surface area contributed by atoms with Crippen LogP contribution in [0.5, 0.6) is 0 Å². The molecule has 2 N–H and O–H groups in total. The number of imidazole rings is 1. The normalized spacial score (nSPS) is 24.5. The lowest BCUT2D eigenvalue weighted by Crippen LogP contribution is -2.35. The summed E-state index contributed by atoms with van der Waals surface area (Å²) in [4.78, 5) is 24.2. The molecule has 0 radical (unpaired) electrons. The molecule has 0 aliphatic heterocycles. The number of carbonyl (C=O) groups excluding carboxylic acids is 1. The van der Waals surface area contributed by atoms with Gasteiger partial charge in [0.25, 0.3) is 0 Å². The van der Waals surface area contributed by atoms with Gasteiger partial charge in [-0.1, -0.05) is 0 Å². The van der Waals surface area contributed by atoms with E-state index in [2.05, 4.69) is 4.98 Å². The van der Waals surface area contributed by atoms with Crippen LogP contribution in [0.15, 0.2) is 12.5 Å². The molecule has 2 rings (SSSR count). The van der Waals surface area contributed by atoms with Crippen LogP contribution in [0.4, 0.5) is 5.82 Å². The second-order valence-electron chi connectivity index (χ2n) is 3.66. The maximum atomic E-state index is 10.8. The van der Waals surface area contributed by atoms with Crippen LogP contribution in [0.1, 0.15) is 18.9 Å². The summed E-state index contributed by atoms with van der Waals surface area (Å²) < 4.78 is 1.66. The number of rotatable bonds is 3. The number of hydrogen-bond donors (Lipinski definition) is 1. The Labute approximate surface area is 85.0 Å². The zero-order chi connectivity index (χ0) is 11.0. The van der Waals surface area contributed by atoms with Gasteiger partial charge in [-0.15, -0.1) is 0 Å². The summed E-state index contributed by atoms with van der Waals surface area (Å²) in [7, 11) is 0. The smallest absolute Gasteiger partial charge is 0.369 e. The van der Waals surface area contributed by atoms with Crippen LogP contribution in [0, 0.1) is 16.0 Å². The number of carbonyl (C=O) groups is 1. The first-order valence-corrected chi connectivity index (χ1v) is 4.55. The van der Waals surface area contributed by atoms with Gasteiger partial charge >= 0.3 is 5.82 Å². The van der Waals surface area contributed by atoms with Crippen molar-refractivity contribution in [2.24, 2.45) is 11.7 Å². The highest BCUT2D eigenvalue weighted by molar-refractivity contribution is 5.77. The number of nitrogens with two attached hydrogens (primary N) is 1. The van der Waals surface area contributed by atoms with E-state index in [4.69, 9.17) is 5.73 Å². The van der Waals surface area contributed by atoms with E-state index < -0.39 is 4.92 Å². The lowest BCUT2D eigenvalue weighted by atomic mass is 9.80. The average molecular weight is 210 g/mol. The molecule has 0 saturated heterocycles. The van der Waals surface area contributed by atoms with Crippen molar-refractivity contribution >= 4 is 11.7 Å². The Hall–Kier alpha value is -1.92. The topological polar surface area (TPSA) is 104 Å². The molecule has 0 unspecified atom stereocenters. The first-order valence-electron chi connectivity index (χ1n) is 4.55. The Balaban J connectivity index is 2.01. The van der Waals surface area contributed by atoms with Crippen molar-refractivity contribution in [2.45, 2.75) is 18.9 Å². The molecule has 0 spiro atoms. The predicted molar refractivity (Wildman–Crippen MR) is 49.8 cm³/mol. The second kappa shape index (κ2) is 3.34. The Kier molecular flexibility index (Phi) is 2.14. The lowest BCUT2D eigenvalue weighted by molar-refractivity contribution is -0.389. The number of aromatic nitrogens is 2. The van der Waals surface area contributed by atoms with Gasteiger partial charge in [0.2, 0.25) is 12.2 Å². The van der Waals surface area contributed by atoms with E-state index in [9.17, 15) is 14.9 Å². The molecule has 1 amide bonds. The minimum atomic E-state index is -0.541. The minimum Gasteiger partial charge on any atom is -0.369 e. The summed E-state index contributed by atoms with van der Waals surface area (Å²) in [6.07, 6.45) is 4.08. The summed E-state index contributed by atoms with van der Waals surface area (Å²) in [6, 6.07) is 0.115. The largest absolute Gasteiger partial charge is 0.381 e. The third kappa shape index (κ3) is 1.67. The van der Waals surface area contributed by atoms with Crippen molar-refractivity contribution in [1.29, 1.82) is 0 Å². The van der Waals surface area contributed by atoms with Gasteiger partial charge in [0.15, 0.2) is 0 Å². The van der Waals surface area contributed by atoms with Gasteiger partial charge in [-0.25, -0.2) is 0 Å². The molecule has 80 valence electrons. The molecule has 0 atom stereocenters. The first-order chi connectivity index (χ1) is 7.08. The molecule has 7 nitrogen and oxygen atoms in total. The van der Waals surface area contributed by atoms with Crippen LogP contribution in [0.25, 0.3) is 0 Å². The van der Waals surface area contributed by atoms with Gasteiger partial charge in [-0.2, -0.15) is 0 Å². The third-order valence-electron chi connectivity index (χ3n) is 2.71. The molecule has 1 aliphatic rings. The summed E-state index contributed by atoms with van der Waals surface area (Å²) >= 11 is 0. The standard InChI is InChI=1S/C8H10N4O3/c9-8(13)5-1-6(2-5)11-3-7(10-4-11)12(14)15/h3-6H,1-2H2,(H2,9,13)/t5-,6+. The molecule has 0 bridgehead atoms. The summed E-state index contributed by atoms with van der Waals surface area (Å²) in [5, 5.41) is 10.4. The van der Waals surface area contributed by atoms with Crippen LogP contribution in [0.3, 0.4) is 0 Å². The van der Waals surface area contributed by atoms with E-state index in [0.29, 0.717) is 12.8 Å². The van der Waals surface area contributed by atoms with E-state index >= 15 is 0 Å². The molecule has 1 aliphatic carbocycles. The van der Waals surface area contributed by atoms with Crippen molar-refractivity contribution in [3.63, 3.8) is 0 Å². The maximum absolute atomic E-state index is 10.8. The predicted octanol–water partition coefficient (Wildman–Crippen LogP) is 0.228. The highest BCUT2D eigenvalue weighted by atomic mass is 16.6. The quantitative estimate of drug-likeness (QED) is 0.569. The maximum Gasteiger partial charge on any atom is 0.381 e.